The molecule has 5 nitrogen and oxygen atoms in total. The van der Waals surface area contributed by atoms with Crippen LogP contribution < -0.4 is 10.2 Å². The Labute approximate surface area is 167 Å². The van der Waals surface area contributed by atoms with Crippen molar-refractivity contribution in [1.82, 2.24) is 10.3 Å². The molecule has 1 aromatic carbocycles. The molecule has 5 heteroatoms. The molecular weight excluding hydrogens is 348 g/mol. The standard InChI is InChI=1S/C23H30N4O/c1-24-22(26-19-10-6-3-7-11-19)21-20(18-8-4-2-5-9-18)12-13-25-23(21)27-14-16-28-17-15-27/h2,4-5,8-9,12-13,19H,3,6-7,10-11,14-17H2,1H3,(H,24,26). The van der Waals surface area contributed by atoms with Crippen LogP contribution in [0, 0.1) is 0 Å². The highest BCUT2D eigenvalue weighted by Gasteiger charge is 2.24. The molecule has 2 heterocycles. The predicted molar refractivity (Wildman–Crippen MR) is 115 cm³/mol. The number of ether oxygens (including phenoxy) is 1. The maximum atomic E-state index is 5.57. The Bertz CT molecular complexity index is 794. The van der Waals surface area contributed by atoms with Crippen LogP contribution in [0.3, 0.4) is 0 Å². The molecule has 1 saturated heterocycles. The third kappa shape index (κ3) is 4.20. The van der Waals surface area contributed by atoms with E-state index in [1.165, 1.54) is 43.2 Å². The van der Waals surface area contributed by atoms with Crippen LogP contribution in [0.1, 0.15) is 37.7 Å². The number of aliphatic imine (C=N–C) groups is 1. The van der Waals surface area contributed by atoms with E-state index in [0.29, 0.717) is 6.04 Å². The molecule has 0 unspecified atom stereocenters. The number of nitrogens with one attached hydrogen (secondary N) is 1. The van der Waals surface area contributed by atoms with E-state index in [0.717, 1.165) is 43.5 Å². The third-order valence-electron chi connectivity index (χ3n) is 5.73. The van der Waals surface area contributed by atoms with Crippen LogP contribution in [0.15, 0.2) is 47.6 Å². The molecule has 0 amide bonds. The van der Waals surface area contributed by atoms with Crippen LogP contribution in [0.25, 0.3) is 11.1 Å². The van der Waals surface area contributed by atoms with E-state index in [-0.39, 0.29) is 0 Å². The van der Waals surface area contributed by atoms with E-state index >= 15 is 0 Å². The number of pyridine rings is 1. The van der Waals surface area contributed by atoms with Gasteiger partial charge in [0.15, 0.2) is 0 Å². The van der Waals surface area contributed by atoms with Crippen LogP contribution in [-0.4, -0.2) is 50.2 Å². The van der Waals surface area contributed by atoms with Crippen molar-refractivity contribution >= 4 is 11.7 Å². The Hall–Kier alpha value is -2.40. The van der Waals surface area contributed by atoms with Gasteiger partial charge in [-0.15, -0.1) is 0 Å². The fraction of sp³-hybridized carbons (Fsp3) is 0.478. The first-order valence-corrected chi connectivity index (χ1v) is 10.5. The van der Waals surface area contributed by atoms with Crippen molar-refractivity contribution in [3.8, 4) is 11.1 Å². The van der Waals surface area contributed by atoms with Crippen molar-refractivity contribution in [2.45, 2.75) is 38.1 Å². The lowest BCUT2D eigenvalue weighted by Crippen LogP contribution is -2.41. The van der Waals surface area contributed by atoms with E-state index in [2.05, 4.69) is 46.6 Å². The topological polar surface area (TPSA) is 49.8 Å². The van der Waals surface area contributed by atoms with Crippen molar-refractivity contribution < 1.29 is 4.74 Å². The Balaban J connectivity index is 1.76. The normalized spacial score (nSPS) is 18.9. The van der Waals surface area contributed by atoms with Gasteiger partial charge in [-0.1, -0.05) is 49.6 Å². The van der Waals surface area contributed by atoms with Crippen LogP contribution in [0.4, 0.5) is 5.82 Å². The van der Waals surface area contributed by atoms with Crippen molar-refractivity contribution in [3.05, 3.63) is 48.2 Å². The fourth-order valence-corrected chi connectivity index (χ4v) is 4.25. The van der Waals surface area contributed by atoms with Gasteiger partial charge in [0.25, 0.3) is 0 Å². The molecular formula is C23H30N4O. The number of amidine groups is 1. The predicted octanol–water partition coefficient (Wildman–Crippen LogP) is 3.88. The SMILES string of the molecule is C/N=C(\NC1CCCCC1)c1c(-c2ccccc2)ccnc1N1CCOCC1. The minimum atomic E-state index is 0.494. The van der Waals surface area contributed by atoms with E-state index in [1.807, 2.05) is 13.2 Å². The lowest BCUT2D eigenvalue weighted by Gasteiger charge is -2.32. The molecule has 1 aliphatic heterocycles. The molecule has 148 valence electrons. The van der Waals surface area contributed by atoms with Gasteiger partial charge in [-0.05, 0) is 30.0 Å². The average Bonchev–Trinajstić information content (AvgIpc) is 2.79. The largest absolute Gasteiger partial charge is 0.378 e. The summed E-state index contributed by atoms with van der Waals surface area (Å²) < 4.78 is 5.57. The van der Waals surface area contributed by atoms with E-state index in [4.69, 9.17) is 14.7 Å². The number of hydrogen-bond acceptors (Lipinski definition) is 4. The van der Waals surface area contributed by atoms with Gasteiger partial charge in [0.2, 0.25) is 0 Å². The zero-order valence-electron chi connectivity index (χ0n) is 16.7. The first-order chi connectivity index (χ1) is 13.9. The van der Waals surface area contributed by atoms with Crippen LogP contribution in [0.5, 0.6) is 0 Å². The third-order valence-corrected chi connectivity index (χ3v) is 5.73. The molecule has 0 spiro atoms. The van der Waals surface area contributed by atoms with Crippen LogP contribution >= 0.6 is 0 Å². The fourth-order valence-electron chi connectivity index (χ4n) is 4.25. The summed E-state index contributed by atoms with van der Waals surface area (Å²) in [5, 5.41) is 3.76. The molecule has 4 rings (SSSR count). The van der Waals surface area contributed by atoms with Gasteiger partial charge in [-0.2, -0.15) is 0 Å². The van der Waals surface area contributed by atoms with Crippen molar-refractivity contribution in [1.29, 1.82) is 0 Å². The minimum Gasteiger partial charge on any atom is -0.378 e. The highest BCUT2D eigenvalue weighted by Crippen LogP contribution is 2.31. The summed E-state index contributed by atoms with van der Waals surface area (Å²) in [7, 11) is 1.88. The number of nitrogens with zero attached hydrogens (tertiary/aromatic N) is 3. The Morgan fingerprint density at radius 1 is 1.07 bits per heavy atom. The van der Waals surface area contributed by atoms with Crippen molar-refractivity contribution in [3.63, 3.8) is 0 Å². The summed E-state index contributed by atoms with van der Waals surface area (Å²) in [6.07, 6.45) is 8.29. The van der Waals surface area contributed by atoms with Gasteiger partial charge in [0, 0.05) is 32.4 Å². The second kappa shape index (κ2) is 9.20. The Morgan fingerprint density at radius 3 is 2.54 bits per heavy atom. The van der Waals surface area contributed by atoms with Gasteiger partial charge < -0.3 is 15.0 Å². The first kappa shape index (κ1) is 18.9. The molecule has 1 aliphatic carbocycles. The summed E-state index contributed by atoms with van der Waals surface area (Å²) in [5.41, 5.74) is 3.49. The molecule has 1 saturated carbocycles. The molecule has 1 aromatic heterocycles. The first-order valence-electron chi connectivity index (χ1n) is 10.5. The van der Waals surface area contributed by atoms with Crippen molar-refractivity contribution in [2.24, 2.45) is 4.99 Å². The van der Waals surface area contributed by atoms with Gasteiger partial charge in [-0.3, -0.25) is 4.99 Å². The summed E-state index contributed by atoms with van der Waals surface area (Å²) in [5.74, 6) is 1.97. The monoisotopic (exact) mass is 378 g/mol. The smallest absolute Gasteiger partial charge is 0.140 e. The maximum absolute atomic E-state index is 5.57. The second-order valence-electron chi connectivity index (χ2n) is 7.57. The number of morpholine rings is 1. The molecule has 1 N–H and O–H groups in total. The van der Waals surface area contributed by atoms with Gasteiger partial charge in [-0.25, -0.2) is 4.98 Å². The second-order valence-corrected chi connectivity index (χ2v) is 7.57. The number of rotatable bonds is 4. The number of aromatic nitrogens is 1. The van der Waals surface area contributed by atoms with Crippen LogP contribution in [-0.2, 0) is 4.74 Å². The number of anilines is 1. The van der Waals surface area contributed by atoms with Gasteiger partial charge >= 0.3 is 0 Å². The van der Waals surface area contributed by atoms with Crippen LogP contribution in [0.2, 0.25) is 0 Å². The maximum Gasteiger partial charge on any atom is 0.140 e. The minimum absolute atomic E-state index is 0.494. The quantitative estimate of drug-likeness (QED) is 0.648. The summed E-state index contributed by atoms with van der Waals surface area (Å²) >= 11 is 0. The molecule has 0 atom stereocenters. The van der Waals surface area contributed by atoms with E-state index < -0.39 is 0 Å². The molecule has 2 aliphatic rings. The Morgan fingerprint density at radius 2 is 1.82 bits per heavy atom. The highest BCUT2D eigenvalue weighted by molar-refractivity contribution is 6.08. The van der Waals surface area contributed by atoms with E-state index in [9.17, 15) is 0 Å². The highest BCUT2D eigenvalue weighted by atomic mass is 16.5. The summed E-state index contributed by atoms with van der Waals surface area (Å²) in [6.45, 7) is 3.20. The molecule has 0 bridgehead atoms. The lowest BCUT2D eigenvalue weighted by atomic mass is 9.94. The van der Waals surface area contributed by atoms with E-state index in [1.54, 1.807) is 0 Å². The lowest BCUT2D eigenvalue weighted by molar-refractivity contribution is 0.122. The molecule has 2 fully saturated rings. The molecule has 28 heavy (non-hydrogen) atoms. The summed E-state index contributed by atoms with van der Waals surface area (Å²) in [4.78, 5) is 11.8. The average molecular weight is 379 g/mol. The van der Waals surface area contributed by atoms with Gasteiger partial charge in [0.05, 0.1) is 18.8 Å². The van der Waals surface area contributed by atoms with Gasteiger partial charge in [0.1, 0.15) is 11.7 Å². The van der Waals surface area contributed by atoms with Crippen molar-refractivity contribution in [2.75, 3.05) is 38.3 Å². The Kier molecular flexibility index (Phi) is 6.22. The molecule has 0 radical (unpaired) electrons. The number of benzene rings is 1. The summed E-state index contributed by atoms with van der Waals surface area (Å²) in [6, 6.07) is 13.2. The zero-order valence-corrected chi connectivity index (χ0v) is 16.7. The number of hydrogen-bond donors (Lipinski definition) is 1. The molecule has 2 aromatic rings. The zero-order chi connectivity index (χ0) is 19.2.